The standard InChI is InChI=1S/C25H35N3O4/c1-2-3-18-6-7-21-22-19(14-27(21)25(18)31)20(15-29)23(24(30)26-12-16-4-5-16)28(22)13-17-8-10-32-11-9-17/h2-3,6-7,16-17,19-20,22-23,29H,4-5,8-15H2,1H3,(H,26,30)/b3-2-/t19-,20-,22+,23-/m0/s1. The minimum atomic E-state index is -0.351. The average molecular weight is 442 g/mol. The molecule has 1 amide bonds. The van der Waals surface area contributed by atoms with Crippen LogP contribution in [0.5, 0.6) is 0 Å². The molecule has 32 heavy (non-hydrogen) atoms. The quantitative estimate of drug-likeness (QED) is 0.674. The van der Waals surface area contributed by atoms with E-state index in [0.29, 0.717) is 23.9 Å². The monoisotopic (exact) mass is 441 g/mol. The van der Waals surface area contributed by atoms with Crippen LogP contribution in [0.25, 0.3) is 6.08 Å². The summed E-state index contributed by atoms with van der Waals surface area (Å²) in [4.78, 5) is 28.8. The van der Waals surface area contributed by atoms with Crippen molar-refractivity contribution in [1.29, 1.82) is 0 Å². The Hall–Kier alpha value is -1.96. The highest BCUT2D eigenvalue weighted by molar-refractivity contribution is 5.83. The van der Waals surface area contributed by atoms with E-state index >= 15 is 0 Å². The highest BCUT2D eigenvalue weighted by Crippen LogP contribution is 2.49. The minimum absolute atomic E-state index is 0.0148. The van der Waals surface area contributed by atoms with Crippen LogP contribution >= 0.6 is 0 Å². The first-order valence-corrected chi connectivity index (χ1v) is 12.2. The molecule has 1 aliphatic carbocycles. The van der Waals surface area contributed by atoms with Crippen LogP contribution in [-0.2, 0) is 16.1 Å². The van der Waals surface area contributed by atoms with Gasteiger partial charge in [0.2, 0.25) is 5.91 Å². The van der Waals surface area contributed by atoms with Crippen molar-refractivity contribution in [3.05, 3.63) is 39.8 Å². The number of amides is 1. The largest absolute Gasteiger partial charge is 0.396 e. The molecular weight excluding hydrogens is 406 g/mol. The lowest BCUT2D eigenvalue weighted by Gasteiger charge is -2.35. The molecule has 0 bridgehead atoms. The Morgan fingerprint density at radius 3 is 2.69 bits per heavy atom. The molecule has 5 rings (SSSR count). The Balaban J connectivity index is 1.48. The number of rotatable bonds is 7. The van der Waals surface area contributed by atoms with Crippen molar-refractivity contribution >= 4 is 12.0 Å². The maximum atomic E-state index is 13.4. The van der Waals surface area contributed by atoms with Crippen molar-refractivity contribution in [2.45, 2.75) is 51.2 Å². The van der Waals surface area contributed by atoms with Crippen LogP contribution in [0.15, 0.2) is 23.0 Å². The van der Waals surface area contributed by atoms with Gasteiger partial charge in [0.1, 0.15) is 0 Å². The van der Waals surface area contributed by atoms with Gasteiger partial charge in [-0.25, -0.2) is 0 Å². The fraction of sp³-hybridized carbons (Fsp3) is 0.680. The van der Waals surface area contributed by atoms with E-state index in [-0.39, 0.29) is 42.0 Å². The first-order valence-electron chi connectivity index (χ1n) is 12.2. The van der Waals surface area contributed by atoms with E-state index < -0.39 is 0 Å². The van der Waals surface area contributed by atoms with Gasteiger partial charge in [0.15, 0.2) is 0 Å². The Labute approximate surface area is 189 Å². The van der Waals surface area contributed by atoms with Crippen LogP contribution in [0.1, 0.15) is 49.9 Å². The van der Waals surface area contributed by atoms with Gasteiger partial charge in [-0.05, 0) is 56.6 Å². The van der Waals surface area contributed by atoms with Crippen molar-refractivity contribution in [2.75, 3.05) is 32.9 Å². The first kappa shape index (κ1) is 21.9. The van der Waals surface area contributed by atoms with E-state index in [1.165, 1.54) is 12.8 Å². The molecule has 4 heterocycles. The summed E-state index contributed by atoms with van der Waals surface area (Å²) in [5, 5.41) is 13.6. The van der Waals surface area contributed by atoms with Crippen LogP contribution < -0.4 is 10.9 Å². The highest BCUT2D eigenvalue weighted by Gasteiger charge is 2.55. The maximum Gasteiger partial charge on any atom is 0.258 e. The third kappa shape index (κ3) is 3.95. The number of aliphatic hydroxyl groups is 1. The second-order valence-electron chi connectivity index (χ2n) is 9.97. The molecule has 3 fully saturated rings. The number of aromatic nitrogens is 1. The third-order valence-corrected chi connectivity index (χ3v) is 7.91. The van der Waals surface area contributed by atoms with E-state index in [4.69, 9.17) is 4.74 Å². The maximum absolute atomic E-state index is 13.4. The van der Waals surface area contributed by atoms with Crippen molar-refractivity contribution < 1.29 is 14.6 Å². The summed E-state index contributed by atoms with van der Waals surface area (Å²) < 4.78 is 7.44. The number of carbonyl (C=O) groups is 1. The predicted molar refractivity (Wildman–Crippen MR) is 122 cm³/mol. The molecule has 1 aromatic heterocycles. The zero-order valence-electron chi connectivity index (χ0n) is 18.9. The molecule has 2 N–H and O–H groups in total. The molecule has 0 spiro atoms. The van der Waals surface area contributed by atoms with Gasteiger partial charge >= 0.3 is 0 Å². The van der Waals surface area contributed by atoms with Gasteiger partial charge in [-0.3, -0.25) is 14.5 Å². The third-order valence-electron chi connectivity index (χ3n) is 7.91. The van der Waals surface area contributed by atoms with Crippen LogP contribution in [0.3, 0.4) is 0 Å². The molecule has 0 unspecified atom stereocenters. The van der Waals surface area contributed by atoms with Gasteiger partial charge in [0, 0.05) is 62.5 Å². The zero-order valence-corrected chi connectivity index (χ0v) is 18.9. The molecule has 3 aliphatic heterocycles. The highest BCUT2D eigenvalue weighted by atomic mass is 16.5. The van der Waals surface area contributed by atoms with Crippen LogP contribution in [0.2, 0.25) is 0 Å². The fourth-order valence-corrected chi connectivity index (χ4v) is 6.04. The number of nitrogens with zero attached hydrogens (tertiary/aromatic N) is 2. The average Bonchev–Trinajstić information content (AvgIpc) is 3.48. The number of nitrogens with one attached hydrogen (secondary N) is 1. The van der Waals surface area contributed by atoms with Gasteiger partial charge < -0.3 is 19.7 Å². The molecule has 2 saturated heterocycles. The minimum Gasteiger partial charge on any atom is -0.396 e. The summed E-state index contributed by atoms with van der Waals surface area (Å²) >= 11 is 0. The lowest BCUT2D eigenvalue weighted by Crippen LogP contribution is -2.50. The predicted octanol–water partition coefficient (Wildman–Crippen LogP) is 1.80. The van der Waals surface area contributed by atoms with Crippen molar-refractivity contribution in [3.63, 3.8) is 0 Å². The molecular formula is C25H35N3O4. The zero-order chi connectivity index (χ0) is 22.2. The van der Waals surface area contributed by atoms with Crippen LogP contribution in [0.4, 0.5) is 0 Å². The number of aliphatic hydroxyl groups excluding tert-OH is 1. The number of ether oxygens (including phenoxy) is 1. The summed E-state index contributed by atoms with van der Waals surface area (Å²) in [6, 6.07) is 3.59. The summed E-state index contributed by atoms with van der Waals surface area (Å²) in [7, 11) is 0. The topological polar surface area (TPSA) is 83.8 Å². The van der Waals surface area contributed by atoms with Crippen LogP contribution in [-0.4, -0.2) is 59.4 Å². The SMILES string of the molecule is C/C=C\c1ccc2n(c1=O)C[C@H]1[C@H](CO)[C@@H](C(=O)NCC3CC3)N(CC3CCOCC3)[C@@H]21. The number of allylic oxidation sites excluding steroid dienone is 1. The second-order valence-corrected chi connectivity index (χ2v) is 9.97. The number of hydrogen-bond acceptors (Lipinski definition) is 5. The lowest BCUT2D eigenvalue weighted by molar-refractivity contribution is -0.128. The Kier molecular flexibility index (Phi) is 6.23. The van der Waals surface area contributed by atoms with Gasteiger partial charge in [0.25, 0.3) is 5.56 Å². The molecule has 1 saturated carbocycles. The molecule has 4 atom stereocenters. The van der Waals surface area contributed by atoms with Gasteiger partial charge in [0.05, 0.1) is 12.1 Å². The van der Waals surface area contributed by atoms with Gasteiger partial charge in [-0.15, -0.1) is 0 Å². The lowest BCUT2D eigenvalue weighted by atomic mass is 9.88. The van der Waals surface area contributed by atoms with E-state index in [2.05, 4.69) is 16.3 Å². The van der Waals surface area contributed by atoms with E-state index in [1.807, 2.05) is 29.7 Å². The Morgan fingerprint density at radius 2 is 2.00 bits per heavy atom. The molecule has 1 aromatic rings. The van der Waals surface area contributed by atoms with E-state index in [1.54, 1.807) is 0 Å². The van der Waals surface area contributed by atoms with Crippen molar-refractivity contribution in [2.24, 2.45) is 23.7 Å². The second kappa shape index (κ2) is 9.12. The molecule has 4 aliphatic rings. The smallest absolute Gasteiger partial charge is 0.258 e. The molecule has 174 valence electrons. The first-order chi connectivity index (χ1) is 15.6. The molecule has 7 heteroatoms. The van der Waals surface area contributed by atoms with Crippen LogP contribution in [0, 0.1) is 23.7 Å². The molecule has 0 aromatic carbocycles. The number of likely N-dealkylation sites (tertiary alicyclic amines) is 1. The van der Waals surface area contributed by atoms with Crippen molar-refractivity contribution in [1.82, 2.24) is 14.8 Å². The summed E-state index contributed by atoms with van der Waals surface area (Å²) in [6.45, 7) is 5.48. The van der Waals surface area contributed by atoms with Gasteiger partial charge in [-0.1, -0.05) is 12.2 Å². The van der Waals surface area contributed by atoms with Gasteiger partial charge in [-0.2, -0.15) is 0 Å². The summed E-state index contributed by atoms with van der Waals surface area (Å²) in [6.07, 6.45) is 8.09. The number of hydrogen-bond donors (Lipinski definition) is 2. The number of carbonyl (C=O) groups excluding carboxylic acids is 1. The number of fused-ring (bicyclic) bond motifs is 3. The normalized spacial score (nSPS) is 30.6. The Morgan fingerprint density at radius 1 is 1.22 bits per heavy atom. The molecule has 7 nitrogen and oxygen atoms in total. The molecule has 0 radical (unpaired) electrons. The Bertz CT molecular complexity index is 932. The fourth-order valence-electron chi connectivity index (χ4n) is 6.04. The number of pyridine rings is 1. The van der Waals surface area contributed by atoms with E-state index in [9.17, 15) is 14.7 Å². The summed E-state index contributed by atoms with van der Waals surface area (Å²) in [5.74, 6) is 0.995. The van der Waals surface area contributed by atoms with Crippen molar-refractivity contribution in [3.8, 4) is 0 Å². The summed E-state index contributed by atoms with van der Waals surface area (Å²) in [5.41, 5.74) is 1.69. The van der Waals surface area contributed by atoms with E-state index in [0.717, 1.165) is 44.8 Å².